The number of benzene rings is 2. The maximum absolute atomic E-state index is 6.40. The third-order valence-electron chi connectivity index (χ3n) is 3.64. The molecule has 0 aliphatic heterocycles. The molecular formula is C17H19BrClN. The van der Waals surface area contributed by atoms with E-state index in [9.17, 15) is 0 Å². The van der Waals surface area contributed by atoms with Crippen LogP contribution in [0.2, 0.25) is 5.02 Å². The van der Waals surface area contributed by atoms with Crippen LogP contribution in [-0.4, -0.2) is 0 Å². The minimum Gasteiger partial charge on any atom is -0.320 e. The Morgan fingerprint density at radius 2 is 1.75 bits per heavy atom. The van der Waals surface area contributed by atoms with E-state index in [1.165, 1.54) is 11.1 Å². The molecule has 20 heavy (non-hydrogen) atoms. The van der Waals surface area contributed by atoms with Crippen LogP contribution in [0.4, 0.5) is 0 Å². The van der Waals surface area contributed by atoms with E-state index in [-0.39, 0.29) is 6.04 Å². The fraction of sp³-hybridized carbons (Fsp3) is 0.294. The summed E-state index contributed by atoms with van der Waals surface area (Å²) in [5.41, 5.74) is 11.2. The van der Waals surface area contributed by atoms with Crippen molar-refractivity contribution < 1.29 is 0 Å². The summed E-state index contributed by atoms with van der Waals surface area (Å²) in [6, 6.07) is 12.1. The average molecular weight is 353 g/mol. The van der Waals surface area contributed by atoms with Gasteiger partial charge in [-0.25, -0.2) is 0 Å². The minimum atomic E-state index is -0.198. The van der Waals surface area contributed by atoms with Crippen LogP contribution in [0.3, 0.4) is 0 Å². The van der Waals surface area contributed by atoms with Crippen molar-refractivity contribution in [2.45, 2.75) is 32.7 Å². The van der Waals surface area contributed by atoms with E-state index >= 15 is 0 Å². The summed E-state index contributed by atoms with van der Waals surface area (Å²) in [6.45, 7) is 4.36. The smallest absolute Gasteiger partial charge is 0.0566 e. The molecule has 0 aliphatic rings. The van der Waals surface area contributed by atoms with Gasteiger partial charge in [0.1, 0.15) is 0 Å². The van der Waals surface area contributed by atoms with Gasteiger partial charge in [-0.3, -0.25) is 0 Å². The zero-order valence-electron chi connectivity index (χ0n) is 11.8. The molecule has 2 rings (SSSR count). The molecule has 2 N–H and O–H groups in total. The average Bonchev–Trinajstić information content (AvgIpc) is 2.48. The Morgan fingerprint density at radius 3 is 2.40 bits per heavy atom. The zero-order valence-corrected chi connectivity index (χ0v) is 14.1. The number of rotatable bonds is 4. The lowest BCUT2D eigenvalue weighted by Crippen LogP contribution is -2.13. The first-order valence-electron chi connectivity index (χ1n) is 6.89. The lowest BCUT2D eigenvalue weighted by molar-refractivity contribution is 0.862. The van der Waals surface area contributed by atoms with Crippen LogP contribution in [0.5, 0.6) is 0 Å². The molecule has 0 aromatic heterocycles. The van der Waals surface area contributed by atoms with E-state index < -0.39 is 0 Å². The van der Waals surface area contributed by atoms with Gasteiger partial charge in [0.15, 0.2) is 0 Å². The Bertz CT molecular complexity index is 610. The summed E-state index contributed by atoms with van der Waals surface area (Å²) in [6.07, 6.45) is 2.08. The van der Waals surface area contributed by atoms with Crippen LogP contribution in [0.25, 0.3) is 0 Å². The summed E-state index contributed by atoms with van der Waals surface area (Å²) >= 11 is 9.75. The van der Waals surface area contributed by atoms with E-state index in [4.69, 9.17) is 17.3 Å². The topological polar surface area (TPSA) is 26.0 Å². The van der Waals surface area contributed by atoms with Crippen LogP contribution in [-0.2, 0) is 12.8 Å². The SMILES string of the molecule is CCc1ccc(C(N)c2cc(Br)ccc2Cl)cc1CC. The van der Waals surface area contributed by atoms with Gasteiger partial charge < -0.3 is 5.73 Å². The number of aryl methyl sites for hydroxylation is 2. The first-order chi connectivity index (χ1) is 9.56. The third kappa shape index (κ3) is 3.25. The Labute approximate surface area is 134 Å². The number of hydrogen-bond acceptors (Lipinski definition) is 1. The highest BCUT2D eigenvalue weighted by Gasteiger charge is 2.14. The summed E-state index contributed by atoms with van der Waals surface area (Å²) in [4.78, 5) is 0. The van der Waals surface area contributed by atoms with Crippen molar-refractivity contribution in [1.82, 2.24) is 0 Å². The fourth-order valence-electron chi connectivity index (χ4n) is 2.45. The zero-order chi connectivity index (χ0) is 14.7. The standard InChI is InChI=1S/C17H19BrClN/c1-3-11-5-6-13(9-12(11)4-2)17(20)15-10-14(18)7-8-16(15)19/h5-10,17H,3-4,20H2,1-2H3. The molecule has 0 bridgehead atoms. The quantitative estimate of drug-likeness (QED) is 0.796. The van der Waals surface area contributed by atoms with Crippen molar-refractivity contribution >= 4 is 27.5 Å². The van der Waals surface area contributed by atoms with Crippen molar-refractivity contribution in [3.8, 4) is 0 Å². The van der Waals surface area contributed by atoms with E-state index in [1.54, 1.807) is 0 Å². The van der Waals surface area contributed by atoms with Crippen molar-refractivity contribution in [1.29, 1.82) is 0 Å². The van der Waals surface area contributed by atoms with Crippen molar-refractivity contribution in [3.05, 3.63) is 68.1 Å². The molecule has 1 atom stereocenters. The Morgan fingerprint density at radius 1 is 1.05 bits per heavy atom. The summed E-state index contributed by atoms with van der Waals surface area (Å²) < 4.78 is 0.994. The van der Waals surface area contributed by atoms with Crippen LogP contribution in [0, 0.1) is 0 Å². The Hall–Kier alpha value is -0.830. The number of hydrogen-bond donors (Lipinski definition) is 1. The maximum atomic E-state index is 6.40. The fourth-order valence-corrected chi connectivity index (χ4v) is 3.06. The molecule has 3 heteroatoms. The van der Waals surface area contributed by atoms with Crippen LogP contribution in [0.1, 0.15) is 42.1 Å². The first-order valence-corrected chi connectivity index (χ1v) is 8.06. The molecule has 0 heterocycles. The van der Waals surface area contributed by atoms with Crippen LogP contribution < -0.4 is 5.73 Å². The summed E-state index contributed by atoms with van der Waals surface area (Å²) in [5.74, 6) is 0. The van der Waals surface area contributed by atoms with E-state index in [2.05, 4.69) is 48.0 Å². The third-order valence-corrected chi connectivity index (χ3v) is 4.48. The van der Waals surface area contributed by atoms with Gasteiger partial charge in [-0.15, -0.1) is 0 Å². The van der Waals surface area contributed by atoms with Gasteiger partial charge in [0.05, 0.1) is 6.04 Å². The molecule has 0 saturated heterocycles. The molecule has 106 valence electrons. The molecule has 0 fully saturated rings. The highest BCUT2D eigenvalue weighted by atomic mass is 79.9. The van der Waals surface area contributed by atoms with Gasteiger partial charge in [-0.05, 0) is 53.3 Å². The van der Waals surface area contributed by atoms with Crippen molar-refractivity contribution in [3.63, 3.8) is 0 Å². The van der Waals surface area contributed by atoms with E-state index in [1.807, 2.05) is 18.2 Å². The van der Waals surface area contributed by atoms with Gasteiger partial charge in [-0.2, -0.15) is 0 Å². The Balaban J connectivity index is 2.42. The van der Waals surface area contributed by atoms with Crippen LogP contribution in [0.15, 0.2) is 40.9 Å². The monoisotopic (exact) mass is 351 g/mol. The lowest BCUT2D eigenvalue weighted by Gasteiger charge is -2.17. The molecule has 0 radical (unpaired) electrons. The lowest BCUT2D eigenvalue weighted by atomic mass is 9.94. The summed E-state index contributed by atoms with van der Waals surface area (Å²) in [7, 11) is 0. The molecule has 0 spiro atoms. The molecule has 2 aromatic carbocycles. The second-order valence-electron chi connectivity index (χ2n) is 4.88. The van der Waals surface area contributed by atoms with Crippen LogP contribution >= 0.6 is 27.5 Å². The molecule has 0 amide bonds. The molecular weight excluding hydrogens is 334 g/mol. The predicted octanol–water partition coefficient (Wildman–Crippen LogP) is 5.28. The predicted molar refractivity (Wildman–Crippen MR) is 90.4 cm³/mol. The first kappa shape index (κ1) is 15.6. The van der Waals surface area contributed by atoms with Gasteiger partial charge in [0, 0.05) is 9.50 Å². The largest absolute Gasteiger partial charge is 0.320 e. The maximum Gasteiger partial charge on any atom is 0.0566 e. The van der Waals surface area contributed by atoms with Gasteiger partial charge in [-0.1, -0.05) is 59.6 Å². The number of halogens is 2. The second-order valence-corrected chi connectivity index (χ2v) is 6.20. The van der Waals surface area contributed by atoms with Gasteiger partial charge >= 0.3 is 0 Å². The highest BCUT2D eigenvalue weighted by Crippen LogP contribution is 2.30. The molecule has 1 nitrogen and oxygen atoms in total. The molecule has 0 aliphatic carbocycles. The van der Waals surface area contributed by atoms with Gasteiger partial charge in [0.2, 0.25) is 0 Å². The highest BCUT2D eigenvalue weighted by molar-refractivity contribution is 9.10. The van der Waals surface area contributed by atoms with Crippen molar-refractivity contribution in [2.75, 3.05) is 0 Å². The summed E-state index contributed by atoms with van der Waals surface area (Å²) in [5, 5.41) is 0.707. The minimum absolute atomic E-state index is 0.198. The molecule has 0 saturated carbocycles. The normalized spacial score (nSPS) is 12.4. The molecule has 1 unspecified atom stereocenters. The van der Waals surface area contributed by atoms with Gasteiger partial charge in [0.25, 0.3) is 0 Å². The van der Waals surface area contributed by atoms with E-state index in [0.717, 1.165) is 28.4 Å². The molecule has 2 aromatic rings. The van der Waals surface area contributed by atoms with E-state index in [0.29, 0.717) is 5.02 Å². The number of nitrogens with two attached hydrogens (primary N) is 1. The second kappa shape index (κ2) is 6.75. The van der Waals surface area contributed by atoms with Crippen molar-refractivity contribution in [2.24, 2.45) is 5.73 Å². The Kier molecular flexibility index (Phi) is 5.25.